The molecule has 94 valence electrons. The second-order valence-electron chi connectivity index (χ2n) is 4.62. The van der Waals surface area contributed by atoms with Crippen molar-refractivity contribution in [3.8, 4) is 0 Å². The summed E-state index contributed by atoms with van der Waals surface area (Å²) in [5.74, 6) is 1.62. The van der Waals surface area contributed by atoms with Crippen molar-refractivity contribution in [2.45, 2.75) is 26.4 Å². The lowest BCUT2D eigenvalue weighted by molar-refractivity contribution is 0.222. The Labute approximate surface area is 104 Å². The first kappa shape index (κ1) is 11.2. The van der Waals surface area contributed by atoms with E-state index in [1.807, 2.05) is 19.1 Å². The van der Waals surface area contributed by atoms with Crippen LogP contribution >= 0.6 is 0 Å². The van der Waals surface area contributed by atoms with Crippen LogP contribution in [0.5, 0.6) is 0 Å². The summed E-state index contributed by atoms with van der Waals surface area (Å²) >= 11 is 0. The van der Waals surface area contributed by atoms with Crippen LogP contribution in [0.25, 0.3) is 0 Å². The molecule has 1 N–H and O–H groups in total. The van der Waals surface area contributed by atoms with E-state index in [1.54, 1.807) is 6.26 Å². The van der Waals surface area contributed by atoms with Crippen molar-refractivity contribution in [3.05, 3.63) is 51.6 Å². The van der Waals surface area contributed by atoms with Gasteiger partial charge < -0.3 is 9.40 Å². The summed E-state index contributed by atoms with van der Waals surface area (Å²) in [6.45, 7) is 4.10. The maximum absolute atomic E-state index is 11.9. The molecule has 5 nitrogen and oxygen atoms in total. The number of rotatable bonds is 2. The van der Waals surface area contributed by atoms with Gasteiger partial charge in [-0.1, -0.05) is 0 Å². The maximum Gasteiger partial charge on any atom is 0.255 e. The van der Waals surface area contributed by atoms with Crippen molar-refractivity contribution in [3.63, 3.8) is 0 Å². The SMILES string of the molecule is Cc1nc2c(c(=O)[nH]1)CN(Cc1ccco1)CC2. The highest BCUT2D eigenvalue weighted by Gasteiger charge is 2.21. The predicted molar refractivity (Wildman–Crippen MR) is 66.1 cm³/mol. The Morgan fingerprint density at radius 1 is 1.56 bits per heavy atom. The summed E-state index contributed by atoms with van der Waals surface area (Å²) in [6.07, 6.45) is 2.49. The normalized spacial score (nSPS) is 15.6. The highest BCUT2D eigenvalue weighted by molar-refractivity contribution is 5.20. The molecule has 3 heterocycles. The fraction of sp³-hybridized carbons (Fsp3) is 0.385. The van der Waals surface area contributed by atoms with E-state index in [0.29, 0.717) is 12.4 Å². The zero-order chi connectivity index (χ0) is 12.5. The summed E-state index contributed by atoms with van der Waals surface area (Å²) in [4.78, 5) is 21.3. The molecule has 0 radical (unpaired) electrons. The molecule has 0 amide bonds. The molecule has 1 aliphatic rings. The van der Waals surface area contributed by atoms with E-state index in [0.717, 1.165) is 36.5 Å². The second-order valence-corrected chi connectivity index (χ2v) is 4.62. The van der Waals surface area contributed by atoms with E-state index in [2.05, 4.69) is 14.9 Å². The quantitative estimate of drug-likeness (QED) is 0.864. The predicted octanol–water partition coefficient (Wildman–Crippen LogP) is 1.23. The minimum Gasteiger partial charge on any atom is -0.468 e. The van der Waals surface area contributed by atoms with Crippen LogP contribution in [0.15, 0.2) is 27.6 Å². The summed E-state index contributed by atoms with van der Waals surface area (Å²) in [6, 6.07) is 3.83. The first-order valence-corrected chi connectivity index (χ1v) is 6.06. The number of furan rings is 1. The molecule has 0 saturated heterocycles. The monoisotopic (exact) mass is 245 g/mol. The Balaban J connectivity index is 1.83. The first-order valence-electron chi connectivity index (χ1n) is 6.06. The van der Waals surface area contributed by atoms with E-state index >= 15 is 0 Å². The Morgan fingerprint density at radius 2 is 2.44 bits per heavy atom. The molecule has 0 fully saturated rings. The number of H-pyrrole nitrogens is 1. The van der Waals surface area contributed by atoms with E-state index in [9.17, 15) is 4.79 Å². The van der Waals surface area contributed by atoms with Crippen molar-refractivity contribution in [1.82, 2.24) is 14.9 Å². The van der Waals surface area contributed by atoms with Gasteiger partial charge in [-0.2, -0.15) is 0 Å². The minimum atomic E-state index is -0.0124. The van der Waals surface area contributed by atoms with Crippen LogP contribution in [0.1, 0.15) is 22.8 Å². The number of aromatic nitrogens is 2. The molecule has 2 aromatic rings. The van der Waals surface area contributed by atoms with Gasteiger partial charge in [-0.25, -0.2) is 4.98 Å². The fourth-order valence-electron chi connectivity index (χ4n) is 2.36. The fourth-order valence-corrected chi connectivity index (χ4v) is 2.36. The van der Waals surface area contributed by atoms with Gasteiger partial charge >= 0.3 is 0 Å². The number of hydrogen-bond donors (Lipinski definition) is 1. The number of nitrogens with zero attached hydrogens (tertiary/aromatic N) is 2. The average molecular weight is 245 g/mol. The topological polar surface area (TPSA) is 62.1 Å². The highest BCUT2D eigenvalue weighted by atomic mass is 16.3. The van der Waals surface area contributed by atoms with Gasteiger partial charge in [0.2, 0.25) is 0 Å². The lowest BCUT2D eigenvalue weighted by Crippen LogP contribution is -2.35. The third-order valence-corrected chi connectivity index (χ3v) is 3.23. The van der Waals surface area contributed by atoms with Gasteiger partial charge in [0, 0.05) is 19.5 Å². The van der Waals surface area contributed by atoms with Crippen LogP contribution in [0.4, 0.5) is 0 Å². The maximum atomic E-state index is 11.9. The molecule has 0 spiro atoms. The van der Waals surface area contributed by atoms with Gasteiger partial charge in [0.05, 0.1) is 24.1 Å². The van der Waals surface area contributed by atoms with E-state index < -0.39 is 0 Å². The van der Waals surface area contributed by atoms with Crippen molar-refractivity contribution in [1.29, 1.82) is 0 Å². The molecule has 3 rings (SSSR count). The second kappa shape index (κ2) is 4.42. The molecule has 0 unspecified atom stereocenters. The molecule has 5 heteroatoms. The summed E-state index contributed by atoms with van der Waals surface area (Å²) in [5, 5.41) is 0. The number of fused-ring (bicyclic) bond motifs is 1. The third kappa shape index (κ3) is 2.09. The number of aryl methyl sites for hydroxylation is 1. The average Bonchev–Trinajstić information content (AvgIpc) is 2.83. The summed E-state index contributed by atoms with van der Waals surface area (Å²) < 4.78 is 5.33. The molecule has 0 saturated carbocycles. The van der Waals surface area contributed by atoms with Gasteiger partial charge in [0.25, 0.3) is 5.56 Å². The molecule has 2 aromatic heterocycles. The van der Waals surface area contributed by atoms with Gasteiger partial charge in [-0.3, -0.25) is 9.69 Å². The van der Waals surface area contributed by atoms with Gasteiger partial charge in [0.15, 0.2) is 0 Å². The smallest absolute Gasteiger partial charge is 0.255 e. The number of hydrogen-bond acceptors (Lipinski definition) is 4. The molecular formula is C13H15N3O2. The number of nitrogens with one attached hydrogen (secondary N) is 1. The van der Waals surface area contributed by atoms with Crippen LogP contribution in [0.2, 0.25) is 0 Å². The lowest BCUT2D eigenvalue weighted by atomic mass is 10.1. The van der Waals surface area contributed by atoms with Crippen molar-refractivity contribution in [2.75, 3.05) is 6.54 Å². The van der Waals surface area contributed by atoms with Crippen LogP contribution in [0, 0.1) is 6.92 Å². The molecule has 0 aliphatic carbocycles. The minimum absolute atomic E-state index is 0.0124. The summed E-state index contributed by atoms with van der Waals surface area (Å²) in [7, 11) is 0. The number of aromatic amines is 1. The zero-order valence-electron chi connectivity index (χ0n) is 10.3. The zero-order valence-corrected chi connectivity index (χ0v) is 10.3. The van der Waals surface area contributed by atoms with Crippen LogP contribution in [0.3, 0.4) is 0 Å². The Morgan fingerprint density at radius 3 is 3.22 bits per heavy atom. The van der Waals surface area contributed by atoms with Crippen LogP contribution in [-0.4, -0.2) is 21.4 Å². The van der Waals surface area contributed by atoms with Crippen molar-refractivity contribution in [2.24, 2.45) is 0 Å². The molecule has 18 heavy (non-hydrogen) atoms. The van der Waals surface area contributed by atoms with Crippen LogP contribution in [-0.2, 0) is 19.5 Å². The molecule has 1 aliphatic heterocycles. The first-order chi connectivity index (χ1) is 8.72. The van der Waals surface area contributed by atoms with Crippen LogP contribution < -0.4 is 5.56 Å². The molecule has 0 aromatic carbocycles. The van der Waals surface area contributed by atoms with Gasteiger partial charge in [-0.15, -0.1) is 0 Å². The van der Waals surface area contributed by atoms with E-state index in [-0.39, 0.29) is 5.56 Å². The van der Waals surface area contributed by atoms with Gasteiger partial charge in [0.1, 0.15) is 11.6 Å². The summed E-state index contributed by atoms with van der Waals surface area (Å²) in [5.41, 5.74) is 1.71. The van der Waals surface area contributed by atoms with Crippen molar-refractivity contribution < 1.29 is 4.42 Å². The van der Waals surface area contributed by atoms with E-state index in [4.69, 9.17) is 4.42 Å². The molecule has 0 bridgehead atoms. The highest BCUT2D eigenvalue weighted by Crippen LogP contribution is 2.16. The Hall–Kier alpha value is -1.88. The van der Waals surface area contributed by atoms with Gasteiger partial charge in [-0.05, 0) is 19.1 Å². The third-order valence-electron chi connectivity index (χ3n) is 3.23. The van der Waals surface area contributed by atoms with E-state index in [1.165, 1.54) is 0 Å². The van der Waals surface area contributed by atoms with Crippen molar-refractivity contribution >= 4 is 0 Å². The Kier molecular flexibility index (Phi) is 2.76. The standard InChI is InChI=1S/C13H15N3O2/c1-9-14-12-4-5-16(7-10-3-2-6-18-10)8-11(12)13(17)15-9/h2-3,6H,4-5,7-8H2,1H3,(H,14,15,17). The molecular weight excluding hydrogens is 230 g/mol. The Bertz CT molecular complexity index is 601. The molecule has 0 atom stereocenters. The largest absolute Gasteiger partial charge is 0.468 e. The lowest BCUT2D eigenvalue weighted by Gasteiger charge is -2.26.